The van der Waals surface area contributed by atoms with Crippen LogP contribution >= 0.6 is 0 Å². The van der Waals surface area contributed by atoms with E-state index in [2.05, 4.69) is 84.8 Å². The van der Waals surface area contributed by atoms with Crippen molar-refractivity contribution in [2.45, 2.75) is 50.5 Å². The second-order valence-corrected chi connectivity index (χ2v) is 9.61. The van der Waals surface area contributed by atoms with Gasteiger partial charge >= 0.3 is 0 Å². The predicted octanol–water partition coefficient (Wildman–Crippen LogP) is 6.44. The van der Waals surface area contributed by atoms with Crippen molar-refractivity contribution in [3.05, 3.63) is 89.8 Å². The van der Waals surface area contributed by atoms with E-state index in [4.69, 9.17) is 9.40 Å². The van der Waals surface area contributed by atoms with E-state index in [-0.39, 0.29) is 5.54 Å². The predicted molar refractivity (Wildman–Crippen MR) is 130 cm³/mol. The van der Waals surface area contributed by atoms with Gasteiger partial charge < -0.3 is 9.40 Å². The third kappa shape index (κ3) is 3.77. The molecule has 4 nitrogen and oxygen atoms in total. The molecule has 2 aromatic carbocycles. The van der Waals surface area contributed by atoms with Crippen LogP contribution in [0.25, 0.3) is 10.9 Å². The fourth-order valence-electron chi connectivity index (χ4n) is 5.80. The lowest BCUT2D eigenvalue weighted by atomic mass is 9.68. The molecule has 1 atom stereocenters. The average Bonchev–Trinajstić information content (AvgIpc) is 3.44. The molecule has 1 fully saturated rings. The molecule has 1 aliphatic rings. The molecule has 0 amide bonds. The van der Waals surface area contributed by atoms with Crippen molar-refractivity contribution in [3.8, 4) is 0 Å². The number of para-hydroxylation sites is 1. The number of aryl methyl sites for hydroxylation is 1. The number of nitrogens with one attached hydrogen (secondary N) is 1. The van der Waals surface area contributed by atoms with Gasteiger partial charge in [-0.25, -0.2) is 4.98 Å². The van der Waals surface area contributed by atoms with Crippen molar-refractivity contribution in [3.63, 3.8) is 0 Å². The molecule has 1 aliphatic carbocycles. The molecule has 4 heteroatoms. The Morgan fingerprint density at radius 1 is 1.06 bits per heavy atom. The Balaban J connectivity index is 1.43. The maximum absolute atomic E-state index is 6.11. The van der Waals surface area contributed by atoms with Crippen LogP contribution in [0.3, 0.4) is 0 Å². The van der Waals surface area contributed by atoms with Crippen LogP contribution in [0.2, 0.25) is 0 Å². The highest BCUT2D eigenvalue weighted by atomic mass is 16.4. The summed E-state index contributed by atoms with van der Waals surface area (Å²) in [6, 6.07) is 19.6. The second-order valence-electron chi connectivity index (χ2n) is 9.61. The molecule has 4 aromatic rings. The van der Waals surface area contributed by atoms with Gasteiger partial charge in [-0.05, 0) is 76.2 Å². The third-order valence-electron chi connectivity index (χ3n) is 7.66. The lowest BCUT2D eigenvalue weighted by molar-refractivity contribution is 0.0677. The van der Waals surface area contributed by atoms with E-state index in [0.717, 1.165) is 30.9 Å². The van der Waals surface area contributed by atoms with Crippen molar-refractivity contribution in [2.75, 3.05) is 14.1 Å². The zero-order valence-electron chi connectivity index (χ0n) is 19.3. The Morgan fingerprint density at radius 2 is 1.78 bits per heavy atom. The van der Waals surface area contributed by atoms with E-state index in [9.17, 15) is 0 Å². The lowest BCUT2D eigenvalue weighted by Gasteiger charge is -2.46. The summed E-state index contributed by atoms with van der Waals surface area (Å²) in [6.07, 6.45) is 9.63. The first kappa shape index (κ1) is 21.0. The Labute approximate surface area is 190 Å². The van der Waals surface area contributed by atoms with E-state index >= 15 is 0 Å². The molecule has 0 spiro atoms. The smallest absolute Gasteiger partial charge is 0.198 e. The number of fused-ring (bicyclic) bond motifs is 1. The van der Waals surface area contributed by atoms with Gasteiger partial charge in [-0.15, -0.1) is 0 Å². The highest BCUT2D eigenvalue weighted by molar-refractivity contribution is 5.83. The summed E-state index contributed by atoms with van der Waals surface area (Å²) in [5.74, 6) is 2.64. The number of hydrogen-bond donors (Lipinski definition) is 1. The Kier molecular flexibility index (Phi) is 5.64. The molecule has 2 aromatic heterocycles. The molecule has 2 heterocycles. The molecule has 5 rings (SSSR count). The molecule has 1 N–H and O–H groups in total. The minimum absolute atomic E-state index is 0.107. The second kappa shape index (κ2) is 8.59. The lowest BCUT2D eigenvalue weighted by Crippen LogP contribution is -2.45. The van der Waals surface area contributed by atoms with Crippen molar-refractivity contribution in [1.82, 2.24) is 14.9 Å². The molecule has 0 radical (unpaired) electrons. The number of rotatable bonds is 6. The minimum Gasteiger partial charge on any atom is -0.446 e. The summed E-state index contributed by atoms with van der Waals surface area (Å²) in [4.78, 5) is 10.6. The van der Waals surface area contributed by atoms with Gasteiger partial charge in [-0.2, -0.15) is 0 Å². The maximum Gasteiger partial charge on any atom is 0.198 e. The first-order chi connectivity index (χ1) is 15.6. The number of aromatic amines is 1. The standard InChI is InChI=1S/C28H33N3O/c1-20-18-30-27(32-20)25(17-22-19-29-26-12-8-7-11-24(22)26)21-13-15-28(16-14-21,31(2)3)23-9-5-4-6-10-23/h4-12,18-19,21,25,29H,13-17H2,1-3H3. The third-order valence-corrected chi connectivity index (χ3v) is 7.66. The molecule has 1 unspecified atom stereocenters. The zero-order valence-corrected chi connectivity index (χ0v) is 19.3. The summed E-state index contributed by atoms with van der Waals surface area (Å²) in [5.41, 5.74) is 4.09. The highest BCUT2D eigenvalue weighted by Crippen LogP contribution is 2.47. The summed E-state index contributed by atoms with van der Waals surface area (Å²) < 4.78 is 6.11. The van der Waals surface area contributed by atoms with E-state index in [0.29, 0.717) is 11.8 Å². The van der Waals surface area contributed by atoms with E-state index in [1.807, 2.05) is 13.1 Å². The summed E-state index contributed by atoms with van der Waals surface area (Å²) in [7, 11) is 4.46. The van der Waals surface area contributed by atoms with Gasteiger partial charge in [0.2, 0.25) is 0 Å². The SMILES string of the molecule is Cc1cnc(C(Cc2c[nH]c3ccccc23)C2CCC(c3ccccc3)(N(C)C)CC2)o1. The number of aromatic nitrogens is 2. The summed E-state index contributed by atoms with van der Waals surface area (Å²) in [6.45, 7) is 1.99. The molecule has 166 valence electrons. The first-order valence-electron chi connectivity index (χ1n) is 11.8. The fraction of sp³-hybridized carbons (Fsp3) is 0.393. The number of nitrogens with zero attached hydrogens (tertiary/aromatic N) is 2. The van der Waals surface area contributed by atoms with E-state index < -0.39 is 0 Å². The Morgan fingerprint density at radius 3 is 2.47 bits per heavy atom. The van der Waals surface area contributed by atoms with Gasteiger partial charge in [-0.1, -0.05) is 48.5 Å². The van der Waals surface area contributed by atoms with Gasteiger partial charge in [0.1, 0.15) is 5.76 Å². The van der Waals surface area contributed by atoms with E-state index in [1.54, 1.807) is 0 Å². The van der Waals surface area contributed by atoms with Crippen LogP contribution < -0.4 is 0 Å². The van der Waals surface area contributed by atoms with Crippen LogP contribution in [-0.2, 0) is 12.0 Å². The molecule has 32 heavy (non-hydrogen) atoms. The monoisotopic (exact) mass is 427 g/mol. The van der Waals surface area contributed by atoms with Crippen LogP contribution in [0.15, 0.2) is 71.4 Å². The van der Waals surface area contributed by atoms with Gasteiger partial charge in [0, 0.05) is 28.6 Å². The molecule has 0 aliphatic heterocycles. The number of oxazole rings is 1. The largest absolute Gasteiger partial charge is 0.446 e. The van der Waals surface area contributed by atoms with Gasteiger partial charge in [0.05, 0.1) is 6.20 Å². The van der Waals surface area contributed by atoms with Crippen LogP contribution in [0.4, 0.5) is 0 Å². The maximum atomic E-state index is 6.11. The van der Waals surface area contributed by atoms with Crippen molar-refractivity contribution >= 4 is 10.9 Å². The number of benzene rings is 2. The molecule has 0 saturated heterocycles. The Hall–Kier alpha value is -2.85. The molecular weight excluding hydrogens is 394 g/mol. The molecule has 0 bridgehead atoms. The van der Waals surface area contributed by atoms with Crippen molar-refractivity contribution in [2.24, 2.45) is 5.92 Å². The fourth-order valence-corrected chi connectivity index (χ4v) is 5.80. The van der Waals surface area contributed by atoms with Gasteiger partial charge in [-0.3, -0.25) is 4.90 Å². The summed E-state index contributed by atoms with van der Waals surface area (Å²) >= 11 is 0. The Bertz CT molecular complexity index is 1170. The topological polar surface area (TPSA) is 45.1 Å². The first-order valence-corrected chi connectivity index (χ1v) is 11.8. The van der Waals surface area contributed by atoms with Crippen LogP contribution in [0.1, 0.15) is 54.4 Å². The molecule has 1 saturated carbocycles. The van der Waals surface area contributed by atoms with Crippen LogP contribution in [0, 0.1) is 12.8 Å². The van der Waals surface area contributed by atoms with Crippen molar-refractivity contribution in [1.29, 1.82) is 0 Å². The highest BCUT2D eigenvalue weighted by Gasteiger charge is 2.41. The van der Waals surface area contributed by atoms with Gasteiger partial charge in [0.25, 0.3) is 0 Å². The van der Waals surface area contributed by atoms with E-state index in [1.165, 1.54) is 34.9 Å². The van der Waals surface area contributed by atoms with Crippen LogP contribution in [0.5, 0.6) is 0 Å². The molecular formula is C28H33N3O. The quantitative estimate of drug-likeness (QED) is 0.385. The number of H-pyrrole nitrogens is 1. The number of hydrogen-bond acceptors (Lipinski definition) is 3. The average molecular weight is 428 g/mol. The van der Waals surface area contributed by atoms with Crippen LogP contribution in [-0.4, -0.2) is 29.0 Å². The normalized spacial score (nSPS) is 22.4. The zero-order chi connectivity index (χ0) is 22.1. The van der Waals surface area contributed by atoms with Gasteiger partial charge in [0.15, 0.2) is 5.89 Å². The van der Waals surface area contributed by atoms with Crippen molar-refractivity contribution < 1.29 is 4.42 Å². The minimum atomic E-state index is 0.107. The summed E-state index contributed by atoms with van der Waals surface area (Å²) in [5, 5.41) is 1.31.